The number of guanidine groups is 1. The van der Waals surface area contributed by atoms with Gasteiger partial charge < -0.3 is 24.8 Å². The van der Waals surface area contributed by atoms with Gasteiger partial charge in [0.15, 0.2) is 0 Å². The first-order valence-corrected chi connectivity index (χ1v) is 14.9. The zero-order valence-corrected chi connectivity index (χ0v) is 24.1. The van der Waals surface area contributed by atoms with Crippen LogP contribution >= 0.6 is 0 Å². The Morgan fingerprint density at radius 2 is 1.82 bits per heavy atom. The first-order valence-electron chi connectivity index (χ1n) is 14.9. The van der Waals surface area contributed by atoms with Crippen molar-refractivity contribution < 1.29 is 14.3 Å². The highest BCUT2D eigenvalue weighted by molar-refractivity contribution is 5.96. The lowest BCUT2D eigenvalue weighted by atomic mass is 9.83. The molecule has 1 aromatic rings. The number of nitrogens with zero attached hydrogens (tertiary/aromatic N) is 5. The SMILES string of the molecule is CCOC(=O)NC(=NC(CC1CCCCC1)C(=O)N(C)C1(C#N)CCNCC1)N1CCN(c2ccccc2)CC1. The summed E-state index contributed by atoms with van der Waals surface area (Å²) >= 11 is 0. The second-order valence-corrected chi connectivity index (χ2v) is 11.2. The molecule has 10 heteroatoms. The van der Waals surface area contributed by atoms with Gasteiger partial charge in [-0.15, -0.1) is 0 Å². The monoisotopic (exact) mass is 551 g/mol. The van der Waals surface area contributed by atoms with Crippen molar-refractivity contribution in [3.8, 4) is 6.07 Å². The Kier molecular flexibility index (Phi) is 10.6. The van der Waals surface area contributed by atoms with Gasteiger partial charge in [0.25, 0.3) is 0 Å². The predicted molar refractivity (Wildman–Crippen MR) is 156 cm³/mol. The lowest BCUT2D eigenvalue weighted by Crippen LogP contribution is -2.57. The summed E-state index contributed by atoms with van der Waals surface area (Å²) in [6.07, 6.45) is 6.91. The maximum atomic E-state index is 14.1. The first-order chi connectivity index (χ1) is 19.5. The fourth-order valence-electron chi connectivity index (χ4n) is 6.16. The number of ether oxygens (including phenoxy) is 1. The number of piperidine rings is 1. The van der Waals surface area contributed by atoms with Crippen molar-refractivity contribution in [2.24, 2.45) is 10.9 Å². The molecule has 1 atom stereocenters. The van der Waals surface area contributed by atoms with Gasteiger partial charge in [0.2, 0.25) is 11.9 Å². The van der Waals surface area contributed by atoms with E-state index in [1.54, 1.807) is 18.9 Å². The average molecular weight is 552 g/mol. The number of alkyl carbamates (subject to hydrolysis) is 1. The zero-order chi connectivity index (χ0) is 28.4. The van der Waals surface area contributed by atoms with E-state index in [0.29, 0.717) is 57.3 Å². The number of hydrogen-bond donors (Lipinski definition) is 2. The topological polar surface area (TPSA) is 113 Å². The highest BCUT2D eigenvalue weighted by Gasteiger charge is 2.41. The van der Waals surface area contributed by atoms with Crippen LogP contribution in [0.1, 0.15) is 58.3 Å². The van der Waals surface area contributed by atoms with Crippen LogP contribution in [-0.2, 0) is 9.53 Å². The summed E-state index contributed by atoms with van der Waals surface area (Å²) in [5.41, 5.74) is 0.313. The Bertz CT molecular complexity index is 1040. The smallest absolute Gasteiger partial charge is 0.413 e. The van der Waals surface area contributed by atoms with Crippen molar-refractivity contribution >= 4 is 23.6 Å². The molecule has 0 spiro atoms. The molecule has 2 amide bonds. The number of amides is 2. The molecule has 10 nitrogen and oxygen atoms in total. The van der Waals surface area contributed by atoms with Crippen LogP contribution in [0.5, 0.6) is 0 Å². The highest BCUT2D eigenvalue weighted by Crippen LogP contribution is 2.31. The Labute approximate surface area is 238 Å². The number of likely N-dealkylation sites (N-methyl/N-ethyl adjacent to an activating group) is 1. The van der Waals surface area contributed by atoms with Crippen LogP contribution in [0.4, 0.5) is 10.5 Å². The van der Waals surface area contributed by atoms with E-state index in [4.69, 9.17) is 9.73 Å². The molecule has 2 saturated heterocycles. The summed E-state index contributed by atoms with van der Waals surface area (Å²) in [6, 6.07) is 12.0. The van der Waals surface area contributed by atoms with Crippen LogP contribution in [0, 0.1) is 17.2 Å². The quantitative estimate of drug-likeness (QED) is 0.395. The molecular weight excluding hydrogens is 506 g/mol. The van der Waals surface area contributed by atoms with Crippen LogP contribution < -0.4 is 15.5 Å². The van der Waals surface area contributed by atoms with Crippen molar-refractivity contribution in [2.75, 3.05) is 57.8 Å². The third kappa shape index (κ3) is 7.45. The van der Waals surface area contributed by atoms with Gasteiger partial charge in [-0.3, -0.25) is 10.1 Å². The normalized spacial score (nSPS) is 20.8. The van der Waals surface area contributed by atoms with Crippen LogP contribution in [-0.4, -0.2) is 92.3 Å². The van der Waals surface area contributed by atoms with Crippen LogP contribution in [0.3, 0.4) is 0 Å². The summed E-state index contributed by atoms with van der Waals surface area (Å²) in [7, 11) is 1.75. The number of hydrogen-bond acceptors (Lipinski definition) is 7. The average Bonchev–Trinajstić information content (AvgIpc) is 3.01. The van der Waals surface area contributed by atoms with E-state index < -0.39 is 17.7 Å². The van der Waals surface area contributed by atoms with E-state index in [1.807, 2.05) is 23.1 Å². The molecule has 4 rings (SSSR count). The summed E-state index contributed by atoms with van der Waals surface area (Å²) in [6.45, 7) is 6.22. The summed E-state index contributed by atoms with van der Waals surface area (Å²) in [5.74, 6) is 0.620. The van der Waals surface area contributed by atoms with Gasteiger partial charge in [0.1, 0.15) is 11.6 Å². The molecule has 2 heterocycles. The minimum Gasteiger partial charge on any atom is -0.450 e. The van der Waals surface area contributed by atoms with Gasteiger partial charge >= 0.3 is 6.09 Å². The van der Waals surface area contributed by atoms with Crippen LogP contribution in [0.15, 0.2) is 35.3 Å². The van der Waals surface area contributed by atoms with E-state index in [-0.39, 0.29) is 12.5 Å². The fraction of sp³-hybridized carbons (Fsp3) is 0.667. The minimum atomic E-state index is -0.849. The molecule has 0 aromatic heterocycles. The Balaban J connectivity index is 1.59. The van der Waals surface area contributed by atoms with Crippen LogP contribution in [0.25, 0.3) is 0 Å². The maximum Gasteiger partial charge on any atom is 0.413 e. The van der Waals surface area contributed by atoms with Gasteiger partial charge in [0.05, 0.1) is 12.7 Å². The number of carbonyl (C=O) groups is 2. The molecule has 1 unspecified atom stereocenters. The zero-order valence-electron chi connectivity index (χ0n) is 24.1. The molecule has 40 heavy (non-hydrogen) atoms. The van der Waals surface area contributed by atoms with E-state index in [9.17, 15) is 14.9 Å². The van der Waals surface area contributed by atoms with E-state index in [2.05, 4.69) is 33.7 Å². The molecule has 1 aliphatic carbocycles. The Hall–Kier alpha value is -3.32. The molecule has 2 N–H and O–H groups in total. The fourth-order valence-corrected chi connectivity index (χ4v) is 6.16. The van der Waals surface area contributed by atoms with Crippen molar-refractivity contribution in [3.63, 3.8) is 0 Å². The number of aliphatic imine (C=N–C) groups is 1. The molecule has 0 bridgehead atoms. The molecule has 0 radical (unpaired) electrons. The molecular formula is C30H45N7O3. The van der Waals surface area contributed by atoms with Gasteiger partial charge in [-0.2, -0.15) is 5.26 Å². The predicted octanol–water partition coefficient (Wildman–Crippen LogP) is 3.35. The summed E-state index contributed by atoms with van der Waals surface area (Å²) in [4.78, 5) is 37.7. The minimum absolute atomic E-state index is 0.153. The molecule has 2 aliphatic heterocycles. The number of rotatable bonds is 7. The number of nitrogens with one attached hydrogen (secondary N) is 2. The number of carbonyl (C=O) groups excluding carboxylic acids is 2. The van der Waals surface area contributed by atoms with Crippen molar-refractivity contribution in [3.05, 3.63) is 30.3 Å². The van der Waals surface area contributed by atoms with Crippen molar-refractivity contribution in [1.82, 2.24) is 20.4 Å². The molecule has 218 valence electrons. The Morgan fingerprint density at radius 3 is 2.45 bits per heavy atom. The van der Waals surface area contributed by atoms with Gasteiger partial charge in [-0.25, -0.2) is 9.79 Å². The molecule has 3 fully saturated rings. The number of piperazine rings is 1. The largest absolute Gasteiger partial charge is 0.450 e. The van der Waals surface area contributed by atoms with Gasteiger partial charge in [-0.1, -0.05) is 50.3 Å². The van der Waals surface area contributed by atoms with E-state index in [0.717, 1.165) is 44.5 Å². The summed E-state index contributed by atoms with van der Waals surface area (Å²) < 4.78 is 5.21. The number of anilines is 1. The number of nitriles is 1. The Morgan fingerprint density at radius 1 is 1.15 bits per heavy atom. The summed E-state index contributed by atoms with van der Waals surface area (Å²) in [5, 5.41) is 16.3. The second-order valence-electron chi connectivity index (χ2n) is 11.2. The van der Waals surface area contributed by atoms with Gasteiger partial charge in [-0.05, 0) is 57.3 Å². The lowest BCUT2D eigenvalue weighted by Gasteiger charge is -2.41. The lowest BCUT2D eigenvalue weighted by molar-refractivity contribution is -0.136. The third-order valence-corrected chi connectivity index (χ3v) is 8.65. The van der Waals surface area contributed by atoms with E-state index in [1.165, 1.54) is 6.42 Å². The van der Waals surface area contributed by atoms with Crippen molar-refractivity contribution in [2.45, 2.75) is 69.9 Å². The molecule has 1 saturated carbocycles. The highest BCUT2D eigenvalue weighted by atomic mass is 16.5. The second kappa shape index (κ2) is 14.4. The third-order valence-electron chi connectivity index (χ3n) is 8.65. The molecule has 3 aliphatic rings. The van der Waals surface area contributed by atoms with Gasteiger partial charge in [0, 0.05) is 38.9 Å². The maximum absolute atomic E-state index is 14.1. The number of para-hydroxylation sites is 1. The molecule has 1 aromatic carbocycles. The standard InChI is InChI=1S/C30H45N7O3/c1-3-40-29(39)34-28(37-20-18-36(19-21-37)25-12-8-5-9-13-25)33-26(22-24-10-6-4-7-11-24)27(38)35(2)30(23-31)14-16-32-17-15-30/h5,8-9,12-13,24,26,32H,3-4,6-7,10-11,14-22H2,1-2H3,(H,33,34,39). The van der Waals surface area contributed by atoms with E-state index >= 15 is 0 Å². The van der Waals surface area contributed by atoms with Crippen molar-refractivity contribution in [1.29, 1.82) is 5.26 Å². The first kappa shape index (κ1) is 29.7. The van der Waals surface area contributed by atoms with Crippen LogP contribution in [0.2, 0.25) is 0 Å². The number of benzene rings is 1.